The average Bonchev–Trinajstić information content (AvgIpc) is 2.54. The number of nitrogens with two attached hydrogens (primary N) is 1. The lowest BCUT2D eigenvalue weighted by Crippen LogP contribution is -2.24. The van der Waals surface area contributed by atoms with Gasteiger partial charge in [-0.1, -0.05) is 6.92 Å². The molecule has 0 aliphatic carbocycles. The Balaban J connectivity index is 2.15. The fourth-order valence-corrected chi connectivity index (χ4v) is 2.65. The summed E-state index contributed by atoms with van der Waals surface area (Å²) >= 11 is 0. The molecule has 2 nitrogen and oxygen atoms in total. The maximum absolute atomic E-state index is 13.6. The van der Waals surface area contributed by atoms with Crippen molar-refractivity contribution in [3.05, 3.63) is 29.6 Å². The molecule has 1 heterocycles. The number of rotatable bonds is 3. The van der Waals surface area contributed by atoms with Crippen molar-refractivity contribution in [2.45, 2.75) is 32.6 Å². The second kappa shape index (κ2) is 6.19. The molecule has 0 radical (unpaired) electrons. The van der Waals surface area contributed by atoms with Crippen LogP contribution in [0.25, 0.3) is 0 Å². The van der Waals surface area contributed by atoms with Gasteiger partial charge >= 0.3 is 0 Å². The van der Waals surface area contributed by atoms with Crippen LogP contribution in [0.2, 0.25) is 0 Å². The molecule has 1 saturated heterocycles. The van der Waals surface area contributed by atoms with E-state index in [1.807, 2.05) is 0 Å². The Labute approximate surface area is 109 Å². The van der Waals surface area contributed by atoms with Crippen LogP contribution in [0, 0.1) is 11.7 Å². The van der Waals surface area contributed by atoms with Gasteiger partial charge in [0.05, 0.1) is 0 Å². The third kappa shape index (κ3) is 3.45. The van der Waals surface area contributed by atoms with E-state index in [9.17, 15) is 4.39 Å². The van der Waals surface area contributed by atoms with Crippen LogP contribution in [0.3, 0.4) is 0 Å². The SMILES string of the molecule is CC1CCCN(c2cc(F)cc(CCN)c2)CC1. The lowest BCUT2D eigenvalue weighted by molar-refractivity contribution is 0.521. The molecule has 1 atom stereocenters. The number of hydrogen-bond donors (Lipinski definition) is 1. The van der Waals surface area contributed by atoms with Gasteiger partial charge < -0.3 is 10.6 Å². The second-order valence-electron chi connectivity index (χ2n) is 5.38. The van der Waals surface area contributed by atoms with Crippen molar-refractivity contribution in [3.63, 3.8) is 0 Å². The minimum Gasteiger partial charge on any atom is -0.371 e. The summed E-state index contributed by atoms with van der Waals surface area (Å²) in [4.78, 5) is 2.31. The molecule has 2 rings (SSSR count). The Bertz CT molecular complexity index is 392. The van der Waals surface area contributed by atoms with Crippen LogP contribution in [0.1, 0.15) is 31.7 Å². The van der Waals surface area contributed by atoms with E-state index in [1.54, 1.807) is 12.1 Å². The van der Waals surface area contributed by atoms with Crippen molar-refractivity contribution in [2.24, 2.45) is 11.7 Å². The Morgan fingerprint density at radius 2 is 2.11 bits per heavy atom. The number of halogens is 1. The fourth-order valence-electron chi connectivity index (χ4n) is 2.65. The molecule has 18 heavy (non-hydrogen) atoms. The molecule has 3 heteroatoms. The van der Waals surface area contributed by atoms with Crippen molar-refractivity contribution < 1.29 is 4.39 Å². The van der Waals surface area contributed by atoms with Crippen LogP contribution < -0.4 is 10.6 Å². The largest absolute Gasteiger partial charge is 0.371 e. The van der Waals surface area contributed by atoms with Crippen LogP contribution in [0.5, 0.6) is 0 Å². The first-order valence-corrected chi connectivity index (χ1v) is 6.93. The minimum absolute atomic E-state index is 0.145. The van der Waals surface area contributed by atoms with Crippen molar-refractivity contribution in [2.75, 3.05) is 24.5 Å². The average molecular weight is 250 g/mol. The van der Waals surface area contributed by atoms with Gasteiger partial charge in [-0.3, -0.25) is 0 Å². The number of hydrogen-bond acceptors (Lipinski definition) is 2. The van der Waals surface area contributed by atoms with Gasteiger partial charge in [0.1, 0.15) is 5.82 Å². The number of nitrogens with zero attached hydrogens (tertiary/aromatic N) is 1. The van der Waals surface area contributed by atoms with Gasteiger partial charge in [0.25, 0.3) is 0 Å². The fraction of sp³-hybridized carbons (Fsp3) is 0.600. The molecule has 1 aliphatic rings. The van der Waals surface area contributed by atoms with Gasteiger partial charge in [0.2, 0.25) is 0 Å². The normalized spacial score (nSPS) is 20.8. The predicted octanol–water partition coefficient (Wildman–Crippen LogP) is 2.95. The molecule has 0 aromatic heterocycles. The summed E-state index contributed by atoms with van der Waals surface area (Å²) in [6.07, 6.45) is 4.42. The maximum Gasteiger partial charge on any atom is 0.125 e. The molecule has 0 spiro atoms. The first-order chi connectivity index (χ1) is 8.69. The summed E-state index contributed by atoms with van der Waals surface area (Å²) in [5, 5.41) is 0. The molecule has 0 saturated carbocycles. The summed E-state index contributed by atoms with van der Waals surface area (Å²) < 4.78 is 13.6. The summed E-state index contributed by atoms with van der Waals surface area (Å²) in [6.45, 7) is 4.94. The summed E-state index contributed by atoms with van der Waals surface area (Å²) in [7, 11) is 0. The van der Waals surface area contributed by atoms with Crippen LogP contribution >= 0.6 is 0 Å². The van der Waals surface area contributed by atoms with Gasteiger partial charge in [-0.2, -0.15) is 0 Å². The van der Waals surface area contributed by atoms with Gasteiger partial charge in [0.15, 0.2) is 0 Å². The lowest BCUT2D eigenvalue weighted by Gasteiger charge is -2.23. The monoisotopic (exact) mass is 250 g/mol. The van der Waals surface area contributed by atoms with E-state index in [0.29, 0.717) is 6.54 Å². The van der Waals surface area contributed by atoms with Crippen molar-refractivity contribution in [1.29, 1.82) is 0 Å². The smallest absolute Gasteiger partial charge is 0.125 e. The molecule has 100 valence electrons. The van der Waals surface area contributed by atoms with E-state index >= 15 is 0 Å². The quantitative estimate of drug-likeness (QED) is 0.893. The highest BCUT2D eigenvalue weighted by Crippen LogP contribution is 2.24. The highest BCUT2D eigenvalue weighted by Gasteiger charge is 2.15. The Kier molecular flexibility index (Phi) is 4.59. The molecule has 1 unspecified atom stereocenters. The molecular formula is C15H23FN2. The van der Waals surface area contributed by atoms with Gasteiger partial charge in [-0.05, 0) is 61.9 Å². The highest BCUT2D eigenvalue weighted by atomic mass is 19.1. The summed E-state index contributed by atoms with van der Waals surface area (Å²) in [6, 6.07) is 5.33. The number of benzene rings is 1. The molecular weight excluding hydrogens is 227 g/mol. The van der Waals surface area contributed by atoms with Gasteiger partial charge in [-0.15, -0.1) is 0 Å². The van der Waals surface area contributed by atoms with E-state index in [1.165, 1.54) is 19.3 Å². The maximum atomic E-state index is 13.6. The predicted molar refractivity (Wildman–Crippen MR) is 74.4 cm³/mol. The van der Waals surface area contributed by atoms with E-state index in [-0.39, 0.29) is 5.82 Å². The van der Waals surface area contributed by atoms with Gasteiger partial charge in [0, 0.05) is 18.8 Å². The van der Waals surface area contributed by atoms with E-state index in [0.717, 1.165) is 36.7 Å². The molecule has 1 aliphatic heterocycles. The molecule has 2 N–H and O–H groups in total. The van der Waals surface area contributed by atoms with E-state index < -0.39 is 0 Å². The Morgan fingerprint density at radius 3 is 2.89 bits per heavy atom. The molecule has 1 aromatic carbocycles. The first kappa shape index (κ1) is 13.3. The highest BCUT2D eigenvalue weighted by molar-refractivity contribution is 5.49. The Hall–Kier alpha value is -1.09. The van der Waals surface area contributed by atoms with E-state index in [4.69, 9.17) is 5.73 Å². The third-order valence-electron chi connectivity index (χ3n) is 3.76. The molecule has 1 fully saturated rings. The molecule has 0 bridgehead atoms. The topological polar surface area (TPSA) is 29.3 Å². The van der Waals surface area contributed by atoms with Crippen LogP contribution in [0.15, 0.2) is 18.2 Å². The van der Waals surface area contributed by atoms with Crippen LogP contribution in [0.4, 0.5) is 10.1 Å². The van der Waals surface area contributed by atoms with Gasteiger partial charge in [-0.25, -0.2) is 4.39 Å². The zero-order valence-corrected chi connectivity index (χ0v) is 11.2. The van der Waals surface area contributed by atoms with E-state index in [2.05, 4.69) is 17.9 Å². The summed E-state index contributed by atoms with van der Waals surface area (Å²) in [5.41, 5.74) is 7.57. The Morgan fingerprint density at radius 1 is 1.28 bits per heavy atom. The van der Waals surface area contributed by atoms with Crippen molar-refractivity contribution in [3.8, 4) is 0 Å². The third-order valence-corrected chi connectivity index (χ3v) is 3.76. The first-order valence-electron chi connectivity index (χ1n) is 6.93. The van der Waals surface area contributed by atoms with Crippen LogP contribution in [-0.4, -0.2) is 19.6 Å². The summed E-state index contributed by atoms with van der Waals surface area (Å²) in [5.74, 6) is 0.639. The zero-order valence-electron chi connectivity index (χ0n) is 11.2. The van der Waals surface area contributed by atoms with Crippen molar-refractivity contribution >= 4 is 5.69 Å². The standard InChI is InChI=1S/C15H23FN2/c1-12-3-2-7-18(8-5-12)15-10-13(4-6-17)9-14(16)11-15/h9-12H,2-8,17H2,1H3. The molecule has 0 amide bonds. The molecule has 1 aromatic rings. The lowest BCUT2D eigenvalue weighted by atomic mass is 10.0. The number of anilines is 1. The second-order valence-corrected chi connectivity index (χ2v) is 5.38. The van der Waals surface area contributed by atoms with Crippen LogP contribution in [-0.2, 0) is 6.42 Å². The van der Waals surface area contributed by atoms with Crippen molar-refractivity contribution in [1.82, 2.24) is 0 Å². The zero-order chi connectivity index (χ0) is 13.0. The minimum atomic E-state index is -0.145.